The van der Waals surface area contributed by atoms with Gasteiger partial charge in [0.05, 0.1) is 6.10 Å². The Bertz CT molecular complexity index is 878. The Morgan fingerprint density at radius 3 is 2.58 bits per heavy atom. The first-order valence-electron chi connectivity index (χ1n) is 11.0. The summed E-state index contributed by atoms with van der Waals surface area (Å²) < 4.78 is 5.87. The fraction of sp³-hybridized carbons (Fsp3) is 0.423. The van der Waals surface area contributed by atoms with Crippen LogP contribution in [-0.2, 0) is 16.1 Å². The molecule has 1 fully saturated rings. The Morgan fingerprint density at radius 1 is 1.19 bits per heavy atom. The van der Waals surface area contributed by atoms with Gasteiger partial charge in [0.1, 0.15) is 6.23 Å². The van der Waals surface area contributed by atoms with E-state index in [0.29, 0.717) is 19.0 Å². The Morgan fingerprint density at radius 2 is 1.94 bits per heavy atom. The molecule has 1 aliphatic heterocycles. The van der Waals surface area contributed by atoms with Gasteiger partial charge in [0.25, 0.3) is 5.91 Å². The van der Waals surface area contributed by atoms with Crippen molar-refractivity contribution in [1.29, 1.82) is 0 Å². The Kier molecular flexibility index (Phi) is 8.66. The van der Waals surface area contributed by atoms with Crippen molar-refractivity contribution in [3.05, 3.63) is 71.3 Å². The number of nitrogens with zero attached hydrogens (tertiary/aromatic N) is 1. The van der Waals surface area contributed by atoms with E-state index in [0.717, 1.165) is 25.0 Å². The number of hydrogen-bond acceptors (Lipinski definition) is 4. The van der Waals surface area contributed by atoms with Crippen LogP contribution in [0.5, 0.6) is 0 Å². The number of carbonyl (C=O) groups is 1. The molecule has 0 radical (unpaired) electrons. The Hall–Kier alpha value is -2.65. The number of ether oxygens (including phenoxy) is 1. The average molecular weight is 421 g/mol. The van der Waals surface area contributed by atoms with E-state index in [1.165, 1.54) is 11.1 Å². The van der Waals surface area contributed by atoms with Gasteiger partial charge in [-0.1, -0.05) is 62.2 Å². The average Bonchev–Trinajstić information content (AvgIpc) is 3.32. The summed E-state index contributed by atoms with van der Waals surface area (Å²) in [5.41, 5.74) is 3.28. The molecule has 1 heterocycles. The van der Waals surface area contributed by atoms with Gasteiger partial charge in [-0.3, -0.25) is 9.69 Å². The van der Waals surface area contributed by atoms with Crippen LogP contribution < -0.4 is 5.32 Å². The lowest BCUT2D eigenvalue weighted by Gasteiger charge is -2.30. The quantitative estimate of drug-likeness (QED) is 0.644. The van der Waals surface area contributed by atoms with E-state index < -0.39 is 12.0 Å². The minimum absolute atomic E-state index is 0.00648. The van der Waals surface area contributed by atoms with Gasteiger partial charge in [-0.15, -0.1) is 0 Å². The number of aliphatic hydroxyl groups excluding tert-OH is 1. The molecule has 2 unspecified atom stereocenters. The molecule has 5 heteroatoms. The van der Waals surface area contributed by atoms with Gasteiger partial charge in [-0.2, -0.15) is 0 Å². The van der Waals surface area contributed by atoms with E-state index >= 15 is 0 Å². The second-order valence-corrected chi connectivity index (χ2v) is 8.27. The molecule has 0 aromatic heterocycles. The zero-order valence-electron chi connectivity index (χ0n) is 18.4. The van der Waals surface area contributed by atoms with E-state index in [9.17, 15) is 9.90 Å². The minimum atomic E-state index is -0.707. The van der Waals surface area contributed by atoms with Gasteiger partial charge < -0.3 is 15.2 Å². The van der Waals surface area contributed by atoms with Gasteiger partial charge >= 0.3 is 0 Å². The molecular weight excluding hydrogens is 388 g/mol. The molecule has 2 aromatic rings. The number of carbonyl (C=O) groups excluding carboxylic acids is 1. The molecule has 1 saturated heterocycles. The minimum Gasteiger partial charge on any atom is -0.390 e. The van der Waals surface area contributed by atoms with Crippen LogP contribution in [0.3, 0.4) is 0 Å². The summed E-state index contributed by atoms with van der Waals surface area (Å²) in [4.78, 5) is 14.2. The molecule has 164 valence electrons. The highest BCUT2D eigenvalue weighted by Gasteiger charge is 2.25. The molecule has 1 aliphatic rings. The lowest BCUT2D eigenvalue weighted by Crippen LogP contribution is -2.43. The topological polar surface area (TPSA) is 61.8 Å². The third-order valence-corrected chi connectivity index (χ3v) is 5.38. The smallest absolute Gasteiger partial charge is 0.296 e. The zero-order valence-corrected chi connectivity index (χ0v) is 18.4. The number of nitrogens with one attached hydrogen (secondary N) is 1. The van der Waals surface area contributed by atoms with Crippen molar-refractivity contribution < 1.29 is 14.6 Å². The van der Waals surface area contributed by atoms with Crippen molar-refractivity contribution >= 4 is 5.91 Å². The molecule has 3 rings (SSSR count). The van der Waals surface area contributed by atoms with Crippen LogP contribution in [0, 0.1) is 11.8 Å². The van der Waals surface area contributed by atoms with Crippen LogP contribution in [0.4, 0.5) is 0 Å². The molecule has 31 heavy (non-hydrogen) atoms. The van der Waals surface area contributed by atoms with E-state index in [2.05, 4.69) is 60.2 Å². The monoisotopic (exact) mass is 420 g/mol. The third kappa shape index (κ3) is 7.52. The molecule has 0 saturated carbocycles. The largest absolute Gasteiger partial charge is 0.390 e. The molecule has 2 aromatic carbocycles. The van der Waals surface area contributed by atoms with Crippen LogP contribution in [0.1, 0.15) is 49.3 Å². The van der Waals surface area contributed by atoms with Crippen molar-refractivity contribution in [3.8, 4) is 11.8 Å². The van der Waals surface area contributed by atoms with E-state index in [-0.39, 0.29) is 12.8 Å². The normalized spacial score (nSPS) is 16.7. The maximum atomic E-state index is 12.0. The van der Waals surface area contributed by atoms with Crippen LogP contribution in [0.25, 0.3) is 0 Å². The van der Waals surface area contributed by atoms with Crippen molar-refractivity contribution in [1.82, 2.24) is 10.2 Å². The molecule has 1 amide bonds. The second kappa shape index (κ2) is 11.7. The van der Waals surface area contributed by atoms with Gasteiger partial charge in [-0.25, -0.2) is 0 Å². The molecule has 0 bridgehead atoms. The summed E-state index contributed by atoms with van der Waals surface area (Å²) in [5.74, 6) is 5.50. The number of benzene rings is 2. The number of rotatable bonds is 8. The van der Waals surface area contributed by atoms with E-state index in [4.69, 9.17) is 4.74 Å². The van der Waals surface area contributed by atoms with Crippen molar-refractivity contribution in [2.24, 2.45) is 0 Å². The van der Waals surface area contributed by atoms with Crippen LogP contribution in [-0.4, -0.2) is 47.9 Å². The van der Waals surface area contributed by atoms with Crippen molar-refractivity contribution in [2.75, 3.05) is 19.7 Å². The van der Waals surface area contributed by atoms with E-state index in [1.807, 2.05) is 30.3 Å². The highest BCUT2D eigenvalue weighted by Crippen LogP contribution is 2.21. The van der Waals surface area contributed by atoms with E-state index in [1.54, 1.807) is 0 Å². The highest BCUT2D eigenvalue weighted by molar-refractivity contribution is 5.94. The van der Waals surface area contributed by atoms with Crippen LogP contribution in [0.2, 0.25) is 0 Å². The fourth-order valence-electron chi connectivity index (χ4n) is 3.62. The maximum Gasteiger partial charge on any atom is 0.296 e. The highest BCUT2D eigenvalue weighted by atomic mass is 16.5. The molecule has 2 atom stereocenters. The van der Waals surface area contributed by atoms with Gasteiger partial charge in [0, 0.05) is 37.7 Å². The fourth-order valence-corrected chi connectivity index (χ4v) is 3.62. The first kappa shape index (κ1) is 23.0. The summed E-state index contributed by atoms with van der Waals surface area (Å²) in [5, 5.41) is 13.3. The predicted molar refractivity (Wildman–Crippen MR) is 122 cm³/mol. The molecular formula is C26H32N2O3. The lowest BCUT2D eigenvalue weighted by atomic mass is 10.0. The van der Waals surface area contributed by atoms with Crippen LogP contribution >= 0.6 is 0 Å². The molecule has 0 aliphatic carbocycles. The maximum absolute atomic E-state index is 12.0. The number of amides is 1. The SMILES string of the molecule is CC(C)c1ccc(CN(CC(O)CNC(=O)C#Cc2ccccc2)C2CCCO2)cc1. The summed E-state index contributed by atoms with van der Waals surface area (Å²) in [6, 6.07) is 18.0. The molecule has 0 spiro atoms. The third-order valence-electron chi connectivity index (χ3n) is 5.38. The molecule has 5 nitrogen and oxygen atoms in total. The number of hydrogen-bond donors (Lipinski definition) is 2. The Balaban J connectivity index is 1.54. The van der Waals surface area contributed by atoms with Crippen molar-refractivity contribution in [2.45, 2.75) is 51.5 Å². The second-order valence-electron chi connectivity index (χ2n) is 8.27. The van der Waals surface area contributed by atoms with Crippen molar-refractivity contribution in [3.63, 3.8) is 0 Å². The summed E-state index contributed by atoms with van der Waals surface area (Å²) >= 11 is 0. The molecule has 2 N–H and O–H groups in total. The standard InChI is InChI=1S/C26H32N2O3/c1-20(2)23-13-10-22(11-14-23)18-28(26-9-6-16-31-26)19-24(29)17-27-25(30)15-12-21-7-4-3-5-8-21/h3-5,7-8,10-11,13-14,20,24,26,29H,6,9,16-19H2,1-2H3,(H,27,30). The van der Waals surface area contributed by atoms with Gasteiger partial charge in [-0.05, 0) is 42.0 Å². The first-order valence-corrected chi connectivity index (χ1v) is 11.0. The number of aliphatic hydroxyl groups is 1. The summed E-state index contributed by atoms with van der Waals surface area (Å²) in [7, 11) is 0. The lowest BCUT2D eigenvalue weighted by molar-refractivity contribution is -0.116. The zero-order chi connectivity index (χ0) is 22.1. The predicted octanol–water partition coefficient (Wildman–Crippen LogP) is 3.28. The summed E-state index contributed by atoms with van der Waals surface area (Å²) in [6.07, 6.45) is 1.26. The van der Waals surface area contributed by atoms with Gasteiger partial charge in [0.15, 0.2) is 0 Å². The summed E-state index contributed by atoms with van der Waals surface area (Å²) in [6.45, 7) is 6.38. The Labute approximate surface area is 185 Å². The first-order chi connectivity index (χ1) is 15.0. The van der Waals surface area contributed by atoms with Gasteiger partial charge in [0.2, 0.25) is 0 Å². The van der Waals surface area contributed by atoms with Crippen LogP contribution in [0.15, 0.2) is 54.6 Å².